The van der Waals surface area contributed by atoms with E-state index in [2.05, 4.69) is 11.8 Å². The molecular weight excluding hydrogens is 340 g/mol. The Morgan fingerprint density at radius 3 is 2.26 bits per heavy atom. The third kappa shape index (κ3) is 4.28. The van der Waals surface area contributed by atoms with E-state index in [9.17, 15) is 9.59 Å². The first-order valence-electron chi connectivity index (χ1n) is 10.5. The molecule has 146 valence electrons. The Bertz CT molecular complexity index is 675. The molecule has 0 unspecified atom stereocenters. The van der Waals surface area contributed by atoms with Crippen molar-refractivity contribution in [3.8, 4) is 5.75 Å². The van der Waals surface area contributed by atoms with E-state index >= 15 is 0 Å². The standard InChI is InChI=1S/C22H30N2O3/c1-16-4-6-18(7-5-16)24(19-8-9-19)22(26)15-27-20-12-10-17(11-13-20)23-14-2-3-21(23)25/h10-13,16,18-19H,2-9,14-15H2,1H3. The third-order valence-electron chi connectivity index (χ3n) is 6.19. The summed E-state index contributed by atoms with van der Waals surface area (Å²) in [6.07, 6.45) is 8.51. The smallest absolute Gasteiger partial charge is 0.261 e. The third-order valence-corrected chi connectivity index (χ3v) is 6.19. The van der Waals surface area contributed by atoms with Crippen molar-refractivity contribution in [1.29, 1.82) is 0 Å². The van der Waals surface area contributed by atoms with Gasteiger partial charge in [-0.3, -0.25) is 9.59 Å². The maximum absolute atomic E-state index is 12.8. The van der Waals surface area contributed by atoms with Crippen molar-refractivity contribution < 1.29 is 14.3 Å². The van der Waals surface area contributed by atoms with Gasteiger partial charge >= 0.3 is 0 Å². The number of ether oxygens (including phenoxy) is 1. The van der Waals surface area contributed by atoms with Gasteiger partial charge in [0.25, 0.3) is 5.91 Å². The van der Waals surface area contributed by atoms with Crippen LogP contribution in [-0.2, 0) is 9.59 Å². The van der Waals surface area contributed by atoms with Gasteiger partial charge in [0.05, 0.1) is 0 Å². The first kappa shape index (κ1) is 18.3. The van der Waals surface area contributed by atoms with E-state index in [1.165, 1.54) is 12.8 Å². The number of hydrogen-bond acceptors (Lipinski definition) is 3. The summed E-state index contributed by atoms with van der Waals surface area (Å²) in [4.78, 5) is 28.6. The number of carbonyl (C=O) groups excluding carboxylic acids is 2. The minimum atomic E-state index is 0.102. The van der Waals surface area contributed by atoms with E-state index in [4.69, 9.17) is 4.74 Å². The van der Waals surface area contributed by atoms with Gasteiger partial charge in [0, 0.05) is 30.7 Å². The summed E-state index contributed by atoms with van der Waals surface area (Å²) < 4.78 is 5.79. The fourth-order valence-electron chi connectivity index (χ4n) is 4.44. The molecule has 3 fully saturated rings. The summed E-state index contributed by atoms with van der Waals surface area (Å²) in [5.41, 5.74) is 0.909. The molecule has 1 heterocycles. The van der Waals surface area contributed by atoms with Crippen molar-refractivity contribution >= 4 is 17.5 Å². The van der Waals surface area contributed by atoms with Crippen LogP contribution in [0.5, 0.6) is 5.75 Å². The van der Waals surface area contributed by atoms with Gasteiger partial charge in [0.1, 0.15) is 5.75 Å². The molecule has 1 aromatic rings. The average molecular weight is 370 g/mol. The van der Waals surface area contributed by atoms with Crippen molar-refractivity contribution in [3.63, 3.8) is 0 Å². The van der Waals surface area contributed by atoms with Crippen molar-refractivity contribution in [2.75, 3.05) is 18.1 Å². The SMILES string of the molecule is CC1CCC(N(C(=O)COc2ccc(N3CCCC3=O)cc2)C2CC2)CC1. The van der Waals surface area contributed by atoms with Crippen LogP contribution in [0, 0.1) is 5.92 Å². The molecule has 2 saturated carbocycles. The topological polar surface area (TPSA) is 49.9 Å². The highest BCUT2D eigenvalue weighted by molar-refractivity contribution is 5.95. The van der Waals surface area contributed by atoms with Crippen molar-refractivity contribution in [2.45, 2.75) is 70.4 Å². The zero-order valence-electron chi connectivity index (χ0n) is 16.2. The van der Waals surface area contributed by atoms with Crippen LogP contribution < -0.4 is 9.64 Å². The Morgan fingerprint density at radius 1 is 1.07 bits per heavy atom. The number of hydrogen-bond donors (Lipinski definition) is 0. The Hall–Kier alpha value is -2.04. The summed E-state index contributed by atoms with van der Waals surface area (Å²) >= 11 is 0. The van der Waals surface area contributed by atoms with Gasteiger partial charge in [-0.05, 0) is 75.1 Å². The predicted octanol–water partition coefficient (Wildman–Crippen LogP) is 3.76. The molecule has 0 spiro atoms. The van der Waals surface area contributed by atoms with Crippen LogP contribution >= 0.6 is 0 Å². The summed E-state index contributed by atoms with van der Waals surface area (Å²) in [5.74, 6) is 1.78. The van der Waals surface area contributed by atoms with E-state index in [1.54, 1.807) is 0 Å². The van der Waals surface area contributed by atoms with Gasteiger partial charge in [-0.1, -0.05) is 6.92 Å². The maximum Gasteiger partial charge on any atom is 0.261 e. The number of carbonyl (C=O) groups is 2. The molecule has 3 aliphatic rings. The normalized spacial score (nSPS) is 25.5. The maximum atomic E-state index is 12.8. The van der Waals surface area contributed by atoms with Crippen molar-refractivity contribution in [1.82, 2.24) is 4.90 Å². The van der Waals surface area contributed by atoms with Gasteiger partial charge in [-0.25, -0.2) is 0 Å². The van der Waals surface area contributed by atoms with Gasteiger partial charge in [0.2, 0.25) is 5.91 Å². The molecule has 0 aromatic heterocycles. The van der Waals surface area contributed by atoms with Crippen LogP contribution in [0.1, 0.15) is 58.3 Å². The molecule has 4 rings (SSSR count). The average Bonchev–Trinajstić information content (AvgIpc) is 3.42. The Morgan fingerprint density at radius 2 is 1.70 bits per heavy atom. The van der Waals surface area contributed by atoms with E-state index in [0.717, 1.165) is 50.3 Å². The lowest BCUT2D eigenvalue weighted by Crippen LogP contribution is -2.45. The molecule has 1 saturated heterocycles. The van der Waals surface area contributed by atoms with E-state index in [-0.39, 0.29) is 18.4 Å². The van der Waals surface area contributed by atoms with Crippen LogP contribution in [0.4, 0.5) is 5.69 Å². The lowest BCUT2D eigenvalue weighted by molar-refractivity contribution is -0.137. The highest BCUT2D eigenvalue weighted by atomic mass is 16.5. The zero-order valence-corrected chi connectivity index (χ0v) is 16.2. The Balaban J connectivity index is 1.33. The van der Waals surface area contributed by atoms with Crippen LogP contribution in [0.25, 0.3) is 0 Å². The number of nitrogens with zero attached hydrogens (tertiary/aromatic N) is 2. The van der Waals surface area contributed by atoms with E-state index < -0.39 is 0 Å². The number of amides is 2. The van der Waals surface area contributed by atoms with Crippen LogP contribution in [0.3, 0.4) is 0 Å². The summed E-state index contributed by atoms with van der Waals surface area (Å²) in [6, 6.07) is 8.36. The monoisotopic (exact) mass is 370 g/mol. The van der Waals surface area contributed by atoms with Gasteiger partial charge in [-0.15, -0.1) is 0 Å². The fraction of sp³-hybridized carbons (Fsp3) is 0.636. The molecule has 5 nitrogen and oxygen atoms in total. The van der Waals surface area contributed by atoms with Gasteiger partial charge in [0.15, 0.2) is 6.61 Å². The largest absolute Gasteiger partial charge is 0.484 e. The molecule has 0 radical (unpaired) electrons. The van der Waals surface area contributed by atoms with Gasteiger partial charge < -0.3 is 14.5 Å². The first-order valence-corrected chi connectivity index (χ1v) is 10.5. The zero-order chi connectivity index (χ0) is 18.8. The molecule has 2 aliphatic carbocycles. The minimum absolute atomic E-state index is 0.102. The summed E-state index contributed by atoms with van der Waals surface area (Å²) in [5, 5.41) is 0. The molecule has 0 N–H and O–H groups in total. The van der Waals surface area contributed by atoms with Crippen LogP contribution in [0.2, 0.25) is 0 Å². The second-order valence-electron chi connectivity index (χ2n) is 8.38. The van der Waals surface area contributed by atoms with Crippen molar-refractivity contribution in [3.05, 3.63) is 24.3 Å². The molecule has 1 aromatic carbocycles. The number of anilines is 1. The van der Waals surface area contributed by atoms with Gasteiger partial charge in [-0.2, -0.15) is 0 Å². The fourth-order valence-corrected chi connectivity index (χ4v) is 4.44. The molecule has 5 heteroatoms. The lowest BCUT2D eigenvalue weighted by Gasteiger charge is -2.36. The molecule has 1 aliphatic heterocycles. The Kier molecular flexibility index (Phi) is 5.37. The van der Waals surface area contributed by atoms with Crippen molar-refractivity contribution in [2.24, 2.45) is 5.92 Å². The number of rotatable bonds is 6. The number of benzene rings is 1. The van der Waals surface area contributed by atoms with Crippen LogP contribution in [-0.4, -0.2) is 41.9 Å². The summed E-state index contributed by atoms with van der Waals surface area (Å²) in [7, 11) is 0. The predicted molar refractivity (Wildman–Crippen MR) is 105 cm³/mol. The second-order valence-corrected chi connectivity index (χ2v) is 8.38. The van der Waals surface area contributed by atoms with E-state index in [0.29, 0.717) is 24.3 Å². The lowest BCUT2D eigenvalue weighted by atomic mass is 9.86. The highest BCUT2D eigenvalue weighted by Crippen LogP contribution is 2.35. The molecule has 0 bridgehead atoms. The Labute approximate surface area is 161 Å². The summed E-state index contributed by atoms with van der Waals surface area (Å²) in [6.45, 7) is 3.19. The minimum Gasteiger partial charge on any atom is -0.484 e. The van der Waals surface area contributed by atoms with E-state index in [1.807, 2.05) is 29.2 Å². The highest BCUT2D eigenvalue weighted by Gasteiger charge is 2.38. The van der Waals surface area contributed by atoms with Crippen LogP contribution in [0.15, 0.2) is 24.3 Å². The molecule has 2 amide bonds. The first-order chi connectivity index (χ1) is 13.1. The second kappa shape index (κ2) is 7.91. The molecule has 0 atom stereocenters. The molecule has 27 heavy (non-hydrogen) atoms. The molecular formula is C22H30N2O3. The quantitative estimate of drug-likeness (QED) is 0.766.